The molecule has 2 N–H and O–H groups in total. The van der Waals surface area contributed by atoms with Crippen molar-refractivity contribution in [3.63, 3.8) is 0 Å². The van der Waals surface area contributed by atoms with Crippen molar-refractivity contribution in [2.45, 2.75) is 25.3 Å². The minimum absolute atomic E-state index is 0.161. The first-order valence-corrected chi connectivity index (χ1v) is 9.30. The van der Waals surface area contributed by atoms with Crippen molar-refractivity contribution in [2.75, 3.05) is 33.7 Å². The Labute approximate surface area is 158 Å². The molecule has 7 heteroatoms. The van der Waals surface area contributed by atoms with Crippen LogP contribution in [0.25, 0.3) is 10.9 Å². The molecule has 1 atom stereocenters. The zero-order chi connectivity index (χ0) is 19.4. The number of hydrogen-bond acceptors (Lipinski definition) is 4. The fraction of sp³-hybridized carbons (Fsp3) is 0.450. The maximum atomic E-state index is 12.6. The van der Waals surface area contributed by atoms with E-state index < -0.39 is 0 Å². The number of para-hydroxylation sites is 1. The molecule has 2 heterocycles. The van der Waals surface area contributed by atoms with Crippen LogP contribution < -0.4 is 10.9 Å². The number of H-pyrrole nitrogens is 1. The SMILES string of the molecule is CN(C)CCN1C(=O)CC[C@H]1CCNC(=O)c1cc(=O)[nH]c2ccccc12. The minimum Gasteiger partial charge on any atom is -0.352 e. The number of likely N-dealkylation sites (tertiary alicyclic amines) is 1. The lowest BCUT2D eigenvalue weighted by Crippen LogP contribution is -2.40. The number of pyridine rings is 1. The van der Waals surface area contributed by atoms with Crippen LogP contribution in [-0.4, -0.2) is 66.4 Å². The quantitative estimate of drug-likeness (QED) is 0.767. The average Bonchev–Trinajstić information content (AvgIpc) is 2.98. The Morgan fingerprint density at radius 2 is 2.07 bits per heavy atom. The minimum atomic E-state index is -0.296. The van der Waals surface area contributed by atoms with E-state index in [2.05, 4.69) is 15.2 Å². The van der Waals surface area contributed by atoms with Crippen molar-refractivity contribution in [1.82, 2.24) is 20.1 Å². The molecular weight excluding hydrogens is 344 g/mol. The average molecular weight is 370 g/mol. The molecule has 0 spiro atoms. The molecule has 3 rings (SSSR count). The third kappa shape index (κ3) is 4.54. The molecule has 0 radical (unpaired) electrons. The molecule has 27 heavy (non-hydrogen) atoms. The first-order chi connectivity index (χ1) is 13.0. The maximum Gasteiger partial charge on any atom is 0.252 e. The molecule has 7 nitrogen and oxygen atoms in total. The molecule has 2 aromatic rings. The Balaban J connectivity index is 1.61. The van der Waals surface area contributed by atoms with Crippen LogP contribution in [0.1, 0.15) is 29.6 Å². The summed E-state index contributed by atoms with van der Waals surface area (Å²) < 4.78 is 0. The van der Waals surface area contributed by atoms with Gasteiger partial charge in [0.1, 0.15) is 0 Å². The van der Waals surface area contributed by atoms with E-state index in [1.807, 2.05) is 37.2 Å². The molecular formula is C20H26N4O3. The van der Waals surface area contributed by atoms with Crippen molar-refractivity contribution in [3.8, 4) is 0 Å². The van der Waals surface area contributed by atoms with Gasteiger partial charge in [0.2, 0.25) is 11.5 Å². The van der Waals surface area contributed by atoms with E-state index in [-0.39, 0.29) is 23.4 Å². The van der Waals surface area contributed by atoms with E-state index >= 15 is 0 Å². The standard InChI is InChI=1S/C20H26N4O3/c1-23(2)11-12-24-14(7-8-19(24)26)9-10-21-20(27)16-13-18(25)22-17-6-4-3-5-15(16)17/h3-6,13-14H,7-12H2,1-2H3,(H,21,27)(H,22,25)/t14-/m0/s1. The Kier molecular flexibility index (Phi) is 5.91. The molecule has 1 saturated heterocycles. The number of aromatic nitrogens is 1. The van der Waals surface area contributed by atoms with Gasteiger partial charge in [0, 0.05) is 49.1 Å². The highest BCUT2D eigenvalue weighted by molar-refractivity contribution is 6.05. The number of nitrogens with one attached hydrogen (secondary N) is 2. The topological polar surface area (TPSA) is 85.5 Å². The molecule has 1 aliphatic heterocycles. The van der Waals surface area contributed by atoms with Gasteiger partial charge in [-0.1, -0.05) is 18.2 Å². The van der Waals surface area contributed by atoms with Crippen molar-refractivity contribution in [1.29, 1.82) is 0 Å². The molecule has 1 fully saturated rings. The summed E-state index contributed by atoms with van der Waals surface area (Å²) in [5, 5.41) is 3.63. The number of nitrogens with zero attached hydrogens (tertiary/aromatic N) is 2. The zero-order valence-corrected chi connectivity index (χ0v) is 15.8. The summed E-state index contributed by atoms with van der Waals surface area (Å²) in [4.78, 5) is 43.2. The number of carbonyl (C=O) groups excluding carboxylic acids is 2. The van der Waals surface area contributed by atoms with Gasteiger partial charge in [-0.2, -0.15) is 0 Å². The molecule has 0 bridgehead atoms. The predicted molar refractivity (Wildman–Crippen MR) is 105 cm³/mol. The van der Waals surface area contributed by atoms with E-state index in [9.17, 15) is 14.4 Å². The first-order valence-electron chi connectivity index (χ1n) is 9.30. The highest BCUT2D eigenvalue weighted by atomic mass is 16.2. The van der Waals surface area contributed by atoms with Gasteiger partial charge < -0.3 is 20.1 Å². The lowest BCUT2D eigenvalue weighted by molar-refractivity contribution is -0.129. The van der Waals surface area contributed by atoms with Gasteiger partial charge >= 0.3 is 0 Å². The summed E-state index contributed by atoms with van der Waals surface area (Å²) in [6.45, 7) is 2.01. The zero-order valence-electron chi connectivity index (χ0n) is 15.8. The second kappa shape index (κ2) is 8.35. The van der Waals surface area contributed by atoms with Crippen LogP contribution in [0.2, 0.25) is 0 Å². The number of fused-ring (bicyclic) bond motifs is 1. The summed E-state index contributed by atoms with van der Waals surface area (Å²) in [5.74, 6) is -0.0739. The fourth-order valence-corrected chi connectivity index (χ4v) is 3.55. The summed E-state index contributed by atoms with van der Waals surface area (Å²) in [6, 6.07) is 8.75. The number of amides is 2. The van der Waals surface area contributed by atoms with Crippen molar-refractivity contribution < 1.29 is 9.59 Å². The third-order valence-electron chi connectivity index (χ3n) is 5.00. The summed E-state index contributed by atoms with van der Waals surface area (Å²) in [7, 11) is 3.98. The lowest BCUT2D eigenvalue weighted by Gasteiger charge is -2.26. The molecule has 1 aromatic carbocycles. The second-order valence-electron chi connectivity index (χ2n) is 7.22. The molecule has 2 amide bonds. The van der Waals surface area contributed by atoms with Gasteiger partial charge in [-0.15, -0.1) is 0 Å². The molecule has 144 valence electrons. The summed E-state index contributed by atoms with van der Waals surface area (Å²) in [6.07, 6.45) is 2.12. The van der Waals surface area contributed by atoms with E-state index in [1.165, 1.54) is 6.07 Å². The van der Waals surface area contributed by atoms with Crippen LogP contribution in [0.15, 0.2) is 35.1 Å². The van der Waals surface area contributed by atoms with Crippen LogP contribution in [0, 0.1) is 0 Å². The van der Waals surface area contributed by atoms with Crippen LogP contribution in [-0.2, 0) is 4.79 Å². The van der Waals surface area contributed by atoms with Gasteiger partial charge in [-0.05, 0) is 33.0 Å². The number of hydrogen-bond donors (Lipinski definition) is 2. The monoisotopic (exact) mass is 370 g/mol. The van der Waals surface area contributed by atoms with Gasteiger partial charge in [0.25, 0.3) is 5.91 Å². The third-order valence-corrected chi connectivity index (χ3v) is 5.00. The van der Waals surface area contributed by atoms with E-state index in [1.54, 1.807) is 6.07 Å². The highest BCUT2D eigenvalue weighted by Gasteiger charge is 2.30. The Morgan fingerprint density at radius 1 is 1.30 bits per heavy atom. The second-order valence-corrected chi connectivity index (χ2v) is 7.22. The maximum absolute atomic E-state index is 12.6. The van der Waals surface area contributed by atoms with E-state index in [0.717, 1.165) is 18.4 Å². The molecule has 1 aliphatic rings. The van der Waals surface area contributed by atoms with Crippen molar-refractivity contribution >= 4 is 22.7 Å². The van der Waals surface area contributed by atoms with Gasteiger partial charge in [0.15, 0.2) is 0 Å². The lowest BCUT2D eigenvalue weighted by atomic mass is 10.1. The number of likely N-dealkylation sites (N-methyl/N-ethyl adjacent to an activating group) is 1. The smallest absolute Gasteiger partial charge is 0.252 e. The van der Waals surface area contributed by atoms with Crippen LogP contribution in [0.3, 0.4) is 0 Å². The van der Waals surface area contributed by atoms with Gasteiger partial charge in [-0.3, -0.25) is 14.4 Å². The van der Waals surface area contributed by atoms with Gasteiger partial charge in [0.05, 0.1) is 5.56 Å². The largest absolute Gasteiger partial charge is 0.352 e. The van der Waals surface area contributed by atoms with Gasteiger partial charge in [-0.25, -0.2) is 0 Å². The van der Waals surface area contributed by atoms with E-state index in [0.29, 0.717) is 37.0 Å². The summed E-state index contributed by atoms with van der Waals surface area (Å²) in [5.41, 5.74) is 0.725. The summed E-state index contributed by atoms with van der Waals surface area (Å²) >= 11 is 0. The van der Waals surface area contributed by atoms with Crippen molar-refractivity contribution in [3.05, 3.63) is 46.2 Å². The fourth-order valence-electron chi connectivity index (χ4n) is 3.55. The van der Waals surface area contributed by atoms with Crippen LogP contribution in [0.5, 0.6) is 0 Å². The highest BCUT2D eigenvalue weighted by Crippen LogP contribution is 2.21. The molecule has 1 aromatic heterocycles. The van der Waals surface area contributed by atoms with Crippen molar-refractivity contribution in [2.24, 2.45) is 0 Å². The van der Waals surface area contributed by atoms with Crippen LogP contribution >= 0.6 is 0 Å². The Morgan fingerprint density at radius 3 is 2.85 bits per heavy atom. The number of benzene rings is 1. The Bertz CT molecular complexity index is 890. The number of carbonyl (C=O) groups is 2. The molecule has 0 unspecified atom stereocenters. The predicted octanol–water partition coefficient (Wildman–Crippen LogP) is 1.20. The van der Waals surface area contributed by atoms with Crippen LogP contribution in [0.4, 0.5) is 0 Å². The number of aromatic amines is 1. The molecule has 0 saturated carbocycles. The van der Waals surface area contributed by atoms with E-state index in [4.69, 9.17) is 0 Å². The Hall–Kier alpha value is -2.67. The first kappa shape index (κ1) is 19.1. The number of rotatable bonds is 7. The normalized spacial score (nSPS) is 17.1. The molecule has 0 aliphatic carbocycles.